The molecule has 1 aliphatic carbocycles. The number of hydroxylamine groups is 2. The van der Waals surface area contributed by atoms with Crippen LogP contribution in [0.2, 0.25) is 0 Å². The zero-order chi connectivity index (χ0) is 15.2. The molecule has 21 heavy (non-hydrogen) atoms. The third-order valence-corrected chi connectivity index (χ3v) is 3.32. The van der Waals surface area contributed by atoms with Crippen LogP contribution < -0.4 is 0 Å². The summed E-state index contributed by atoms with van der Waals surface area (Å²) in [6, 6.07) is 7.89. The molecule has 0 unspecified atom stereocenters. The number of amides is 1. The Morgan fingerprint density at radius 2 is 1.90 bits per heavy atom. The number of fused-ring (bicyclic) bond motifs is 1. The Morgan fingerprint density at radius 1 is 1.29 bits per heavy atom. The molecule has 0 saturated heterocycles. The monoisotopic (exact) mass is 291 g/mol. The standard InChI is InChI=1S/C15H17NO5/c1-16(14(18)7-4-8-17)21-15(19)20-13-9-11-5-2-3-6-12(11)10-13/h2-3,5-6,8,13H,4,7,9-10H2,1H3. The van der Waals surface area contributed by atoms with Crippen molar-refractivity contribution >= 4 is 18.3 Å². The molecule has 0 saturated carbocycles. The van der Waals surface area contributed by atoms with E-state index in [1.165, 1.54) is 7.05 Å². The van der Waals surface area contributed by atoms with E-state index in [4.69, 9.17) is 9.57 Å². The Morgan fingerprint density at radius 3 is 2.48 bits per heavy atom. The van der Waals surface area contributed by atoms with Crippen molar-refractivity contribution in [3.05, 3.63) is 35.4 Å². The van der Waals surface area contributed by atoms with Crippen molar-refractivity contribution in [3.8, 4) is 0 Å². The summed E-state index contributed by atoms with van der Waals surface area (Å²) < 4.78 is 5.19. The molecular weight excluding hydrogens is 274 g/mol. The molecule has 0 spiro atoms. The topological polar surface area (TPSA) is 72.9 Å². The quantitative estimate of drug-likeness (QED) is 0.479. The number of benzene rings is 1. The maximum absolute atomic E-state index is 11.6. The molecule has 6 heteroatoms. The molecular formula is C15H17NO5. The van der Waals surface area contributed by atoms with Gasteiger partial charge in [0.2, 0.25) is 0 Å². The van der Waals surface area contributed by atoms with Crippen LogP contribution in [0.4, 0.5) is 4.79 Å². The van der Waals surface area contributed by atoms with E-state index in [0.29, 0.717) is 19.1 Å². The minimum absolute atomic E-state index is 0.00213. The predicted octanol–water partition coefficient (Wildman–Crippen LogP) is 1.66. The molecule has 0 bridgehead atoms. The molecule has 6 nitrogen and oxygen atoms in total. The molecule has 2 rings (SSSR count). The van der Waals surface area contributed by atoms with Crippen molar-refractivity contribution < 1.29 is 24.0 Å². The van der Waals surface area contributed by atoms with Crippen LogP contribution in [0.1, 0.15) is 24.0 Å². The van der Waals surface area contributed by atoms with Gasteiger partial charge >= 0.3 is 6.16 Å². The van der Waals surface area contributed by atoms with Gasteiger partial charge in [-0.1, -0.05) is 24.3 Å². The van der Waals surface area contributed by atoms with Gasteiger partial charge in [0, 0.05) is 32.7 Å². The van der Waals surface area contributed by atoms with Crippen molar-refractivity contribution in [3.63, 3.8) is 0 Å². The van der Waals surface area contributed by atoms with Gasteiger partial charge in [-0.2, -0.15) is 5.06 Å². The number of nitrogens with zero attached hydrogens (tertiary/aromatic N) is 1. The van der Waals surface area contributed by atoms with E-state index in [1.807, 2.05) is 24.3 Å². The summed E-state index contributed by atoms with van der Waals surface area (Å²) >= 11 is 0. The second kappa shape index (κ2) is 6.88. The normalized spacial score (nSPS) is 13.4. The van der Waals surface area contributed by atoms with Crippen LogP contribution in [0.25, 0.3) is 0 Å². The van der Waals surface area contributed by atoms with Crippen LogP contribution in [-0.4, -0.2) is 36.6 Å². The van der Waals surface area contributed by atoms with E-state index in [1.54, 1.807) is 0 Å². The zero-order valence-electron chi connectivity index (χ0n) is 11.8. The lowest BCUT2D eigenvalue weighted by atomic mass is 10.1. The number of carbonyl (C=O) groups excluding carboxylic acids is 3. The predicted molar refractivity (Wildman–Crippen MR) is 73.3 cm³/mol. The van der Waals surface area contributed by atoms with E-state index < -0.39 is 12.1 Å². The van der Waals surface area contributed by atoms with Crippen LogP contribution >= 0.6 is 0 Å². The number of carbonyl (C=O) groups is 3. The van der Waals surface area contributed by atoms with E-state index in [9.17, 15) is 14.4 Å². The van der Waals surface area contributed by atoms with Gasteiger partial charge in [-0.3, -0.25) is 4.79 Å². The van der Waals surface area contributed by atoms with Crippen LogP contribution in [0.15, 0.2) is 24.3 Å². The van der Waals surface area contributed by atoms with Gasteiger partial charge in [0.25, 0.3) is 5.91 Å². The highest BCUT2D eigenvalue weighted by Gasteiger charge is 2.26. The fourth-order valence-corrected chi connectivity index (χ4v) is 2.26. The molecule has 1 aromatic rings. The van der Waals surface area contributed by atoms with Crippen LogP contribution in [0, 0.1) is 0 Å². The summed E-state index contributed by atoms with van der Waals surface area (Å²) in [5.74, 6) is -0.450. The van der Waals surface area contributed by atoms with E-state index in [2.05, 4.69) is 0 Å². The van der Waals surface area contributed by atoms with Crippen molar-refractivity contribution in [1.82, 2.24) is 5.06 Å². The van der Waals surface area contributed by atoms with Crippen LogP contribution in [0.3, 0.4) is 0 Å². The highest BCUT2D eigenvalue weighted by molar-refractivity contribution is 5.78. The third-order valence-electron chi connectivity index (χ3n) is 3.32. The van der Waals surface area contributed by atoms with Gasteiger partial charge in [-0.05, 0) is 11.1 Å². The molecule has 1 aromatic carbocycles. The number of aldehydes is 1. The summed E-state index contributed by atoms with van der Waals surface area (Å²) in [6.07, 6.45) is 0.854. The Labute approximate surface area is 122 Å². The summed E-state index contributed by atoms with van der Waals surface area (Å²) in [5, 5.41) is 0.800. The van der Waals surface area contributed by atoms with Gasteiger partial charge in [0.05, 0.1) is 0 Å². The van der Waals surface area contributed by atoms with E-state index in [-0.39, 0.29) is 18.9 Å². The SMILES string of the molecule is CN(OC(=O)OC1Cc2ccccc2C1)C(=O)CCC=O. The minimum atomic E-state index is -0.908. The second-order valence-corrected chi connectivity index (χ2v) is 4.85. The molecule has 112 valence electrons. The molecule has 0 heterocycles. The molecule has 0 aliphatic heterocycles. The Bertz CT molecular complexity index is 518. The zero-order valence-corrected chi connectivity index (χ0v) is 11.8. The summed E-state index contributed by atoms with van der Waals surface area (Å²) in [4.78, 5) is 38.1. The van der Waals surface area contributed by atoms with Crippen LogP contribution in [0.5, 0.6) is 0 Å². The first-order valence-electron chi connectivity index (χ1n) is 6.75. The van der Waals surface area contributed by atoms with E-state index in [0.717, 1.165) is 16.2 Å². The first kappa shape index (κ1) is 15.0. The fraction of sp³-hybridized carbons (Fsp3) is 0.400. The van der Waals surface area contributed by atoms with Crippen molar-refractivity contribution in [2.75, 3.05) is 7.05 Å². The molecule has 0 N–H and O–H groups in total. The molecule has 0 atom stereocenters. The van der Waals surface area contributed by atoms with Crippen molar-refractivity contribution in [2.45, 2.75) is 31.8 Å². The first-order valence-corrected chi connectivity index (χ1v) is 6.75. The Kier molecular flexibility index (Phi) is 4.92. The smallest absolute Gasteiger partial charge is 0.429 e. The minimum Gasteiger partial charge on any atom is -0.429 e. The maximum Gasteiger partial charge on any atom is 0.533 e. The lowest BCUT2D eigenvalue weighted by Gasteiger charge is -2.17. The van der Waals surface area contributed by atoms with Gasteiger partial charge in [-0.15, -0.1) is 0 Å². The lowest BCUT2D eigenvalue weighted by molar-refractivity contribution is -0.168. The van der Waals surface area contributed by atoms with Gasteiger partial charge in [0.1, 0.15) is 12.4 Å². The third kappa shape index (κ3) is 4.05. The largest absolute Gasteiger partial charge is 0.533 e. The molecule has 1 aliphatic rings. The fourth-order valence-electron chi connectivity index (χ4n) is 2.26. The Balaban J connectivity index is 1.78. The Hall–Kier alpha value is -2.37. The van der Waals surface area contributed by atoms with Crippen LogP contribution in [-0.2, 0) is 32.0 Å². The molecule has 0 radical (unpaired) electrons. The number of ether oxygens (including phenoxy) is 1. The van der Waals surface area contributed by atoms with Crippen molar-refractivity contribution in [1.29, 1.82) is 0 Å². The van der Waals surface area contributed by atoms with Gasteiger partial charge in [-0.25, -0.2) is 4.79 Å². The molecule has 0 fully saturated rings. The summed E-state index contributed by atoms with van der Waals surface area (Å²) in [6.45, 7) is 0. The highest BCUT2D eigenvalue weighted by Crippen LogP contribution is 2.24. The number of hydrogen-bond donors (Lipinski definition) is 0. The lowest BCUT2D eigenvalue weighted by Crippen LogP contribution is -2.31. The van der Waals surface area contributed by atoms with Crippen molar-refractivity contribution in [2.24, 2.45) is 0 Å². The average Bonchev–Trinajstić information content (AvgIpc) is 2.86. The molecule has 0 aromatic heterocycles. The van der Waals surface area contributed by atoms with Gasteiger partial charge < -0.3 is 14.4 Å². The number of rotatable bonds is 4. The number of hydrogen-bond acceptors (Lipinski definition) is 5. The summed E-state index contributed by atoms with van der Waals surface area (Å²) in [7, 11) is 1.32. The maximum atomic E-state index is 11.6. The first-order chi connectivity index (χ1) is 10.1. The molecule has 1 amide bonds. The highest BCUT2D eigenvalue weighted by atomic mass is 16.8. The average molecular weight is 291 g/mol. The second-order valence-electron chi connectivity index (χ2n) is 4.85. The summed E-state index contributed by atoms with van der Waals surface area (Å²) in [5.41, 5.74) is 2.32. The van der Waals surface area contributed by atoms with Gasteiger partial charge in [0.15, 0.2) is 0 Å². The van der Waals surface area contributed by atoms with E-state index >= 15 is 0 Å².